The van der Waals surface area contributed by atoms with Gasteiger partial charge in [0.2, 0.25) is 0 Å². The molecule has 1 fully saturated rings. The van der Waals surface area contributed by atoms with Crippen LogP contribution in [-0.2, 0) is 6.54 Å². The summed E-state index contributed by atoms with van der Waals surface area (Å²) in [4.78, 5) is 2.26. The van der Waals surface area contributed by atoms with Crippen LogP contribution in [0.4, 0.5) is 4.39 Å². The molecule has 1 aliphatic rings. The Hall–Kier alpha value is -1.13. The van der Waals surface area contributed by atoms with E-state index >= 15 is 0 Å². The van der Waals surface area contributed by atoms with E-state index in [1.807, 2.05) is 6.07 Å². The highest BCUT2D eigenvalue weighted by Gasteiger charge is 2.20. The normalized spacial score (nSPS) is 21.1. The molecule has 0 aromatic heterocycles. The molecule has 1 unspecified atom stereocenters. The van der Waals surface area contributed by atoms with Crippen LogP contribution >= 0.6 is 0 Å². The van der Waals surface area contributed by atoms with E-state index in [1.165, 1.54) is 26.0 Å². The van der Waals surface area contributed by atoms with Crippen LogP contribution in [0.15, 0.2) is 18.2 Å². The molecule has 0 bridgehead atoms. The lowest BCUT2D eigenvalue weighted by Crippen LogP contribution is -2.36. The SMILES string of the molecule is COc1ccc(CN2CCCCCC2CO)cc1F. The maximum absolute atomic E-state index is 13.7. The van der Waals surface area contributed by atoms with Crippen molar-refractivity contribution in [2.24, 2.45) is 0 Å². The summed E-state index contributed by atoms with van der Waals surface area (Å²) in [5, 5.41) is 9.47. The molecule has 0 amide bonds. The van der Waals surface area contributed by atoms with Crippen LogP contribution in [0.5, 0.6) is 5.75 Å². The Balaban J connectivity index is 2.07. The monoisotopic (exact) mass is 267 g/mol. The molecule has 19 heavy (non-hydrogen) atoms. The minimum absolute atomic E-state index is 0.179. The molecule has 1 aromatic carbocycles. The molecule has 1 atom stereocenters. The predicted octanol–water partition coefficient (Wildman–Crippen LogP) is 2.57. The number of benzene rings is 1. The van der Waals surface area contributed by atoms with E-state index in [-0.39, 0.29) is 24.2 Å². The molecule has 0 radical (unpaired) electrons. The second kappa shape index (κ2) is 6.87. The van der Waals surface area contributed by atoms with Crippen molar-refractivity contribution >= 4 is 0 Å². The number of nitrogens with zero attached hydrogens (tertiary/aromatic N) is 1. The van der Waals surface area contributed by atoms with Crippen LogP contribution in [0, 0.1) is 5.82 Å². The standard InChI is InChI=1S/C15H22FNO2/c1-19-15-7-6-12(9-14(15)16)10-17-8-4-2-3-5-13(17)11-18/h6-7,9,13,18H,2-5,8,10-11H2,1H3. The van der Waals surface area contributed by atoms with Crippen LogP contribution in [-0.4, -0.2) is 36.3 Å². The van der Waals surface area contributed by atoms with E-state index < -0.39 is 0 Å². The van der Waals surface area contributed by atoms with Gasteiger partial charge < -0.3 is 9.84 Å². The highest BCUT2D eigenvalue weighted by atomic mass is 19.1. The highest BCUT2D eigenvalue weighted by Crippen LogP contribution is 2.22. The van der Waals surface area contributed by atoms with Crippen molar-refractivity contribution in [1.82, 2.24) is 4.90 Å². The Labute approximate surface area is 114 Å². The second-order valence-corrected chi connectivity index (χ2v) is 5.13. The molecular weight excluding hydrogens is 245 g/mol. The van der Waals surface area contributed by atoms with Gasteiger partial charge in [0.05, 0.1) is 13.7 Å². The summed E-state index contributed by atoms with van der Waals surface area (Å²) < 4.78 is 18.6. The number of aliphatic hydroxyl groups is 1. The summed E-state index contributed by atoms with van der Waals surface area (Å²) in [6.07, 6.45) is 4.55. The molecule has 3 nitrogen and oxygen atoms in total. The third kappa shape index (κ3) is 3.67. The van der Waals surface area contributed by atoms with Gasteiger partial charge in [-0.15, -0.1) is 0 Å². The van der Waals surface area contributed by atoms with Crippen molar-refractivity contribution in [2.75, 3.05) is 20.3 Å². The first kappa shape index (κ1) is 14.3. The van der Waals surface area contributed by atoms with Crippen molar-refractivity contribution in [2.45, 2.75) is 38.3 Å². The van der Waals surface area contributed by atoms with Gasteiger partial charge in [0, 0.05) is 12.6 Å². The van der Waals surface area contributed by atoms with E-state index in [4.69, 9.17) is 4.74 Å². The molecule has 106 valence electrons. The Morgan fingerprint density at radius 1 is 1.37 bits per heavy atom. The molecule has 1 heterocycles. The Bertz CT molecular complexity index is 411. The van der Waals surface area contributed by atoms with Crippen LogP contribution < -0.4 is 4.74 Å². The van der Waals surface area contributed by atoms with Crippen LogP contribution in [0.3, 0.4) is 0 Å². The molecule has 1 aliphatic heterocycles. The summed E-state index contributed by atoms with van der Waals surface area (Å²) >= 11 is 0. The molecule has 0 saturated carbocycles. The molecular formula is C15H22FNO2. The lowest BCUT2D eigenvalue weighted by molar-refractivity contribution is 0.118. The van der Waals surface area contributed by atoms with E-state index in [2.05, 4.69) is 4.90 Å². The van der Waals surface area contributed by atoms with Gasteiger partial charge in [-0.2, -0.15) is 0 Å². The molecule has 2 rings (SSSR count). The van der Waals surface area contributed by atoms with Crippen molar-refractivity contribution in [3.63, 3.8) is 0 Å². The number of hydrogen-bond acceptors (Lipinski definition) is 3. The number of aliphatic hydroxyl groups excluding tert-OH is 1. The summed E-state index contributed by atoms with van der Waals surface area (Å²) in [7, 11) is 1.47. The topological polar surface area (TPSA) is 32.7 Å². The first-order chi connectivity index (χ1) is 9.24. The number of ether oxygens (including phenoxy) is 1. The van der Waals surface area contributed by atoms with Gasteiger partial charge in [0.15, 0.2) is 11.6 Å². The average molecular weight is 267 g/mol. The summed E-state index contributed by atoms with van der Waals surface area (Å²) in [6.45, 7) is 1.84. The van der Waals surface area contributed by atoms with Crippen LogP contribution in [0.1, 0.15) is 31.2 Å². The first-order valence-corrected chi connectivity index (χ1v) is 6.92. The zero-order chi connectivity index (χ0) is 13.7. The van der Waals surface area contributed by atoms with Gasteiger partial charge in [0.1, 0.15) is 0 Å². The van der Waals surface area contributed by atoms with Crippen LogP contribution in [0.2, 0.25) is 0 Å². The highest BCUT2D eigenvalue weighted by molar-refractivity contribution is 5.29. The largest absolute Gasteiger partial charge is 0.494 e. The zero-order valence-corrected chi connectivity index (χ0v) is 11.4. The van der Waals surface area contributed by atoms with Crippen molar-refractivity contribution < 1.29 is 14.2 Å². The summed E-state index contributed by atoms with van der Waals surface area (Å²) in [5.41, 5.74) is 0.929. The van der Waals surface area contributed by atoms with Crippen molar-refractivity contribution in [3.05, 3.63) is 29.6 Å². The van der Waals surface area contributed by atoms with E-state index in [1.54, 1.807) is 6.07 Å². The Morgan fingerprint density at radius 2 is 2.21 bits per heavy atom. The third-order valence-electron chi connectivity index (χ3n) is 3.81. The Kier molecular flexibility index (Phi) is 5.16. The molecule has 1 saturated heterocycles. The molecule has 0 aliphatic carbocycles. The first-order valence-electron chi connectivity index (χ1n) is 6.92. The minimum Gasteiger partial charge on any atom is -0.494 e. The number of likely N-dealkylation sites (tertiary alicyclic amines) is 1. The number of hydrogen-bond donors (Lipinski definition) is 1. The fraction of sp³-hybridized carbons (Fsp3) is 0.600. The predicted molar refractivity (Wildman–Crippen MR) is 72.7 cm³/mol. The van der Waals surface area contributed by atoms with Gasteiger partial charge in [-0.05, 0) is 37.1 Å². The van der Waals surface area contributed by atoms with Gasteiger partial charge >= 0.3 is 0 Å². The number of rotatable bonds is 4. The number of methoxy groups -OCH3 is 1. The molecule has 4 heteroatoms. The summed E-state index contributed by atoms with van der Waals surface area (Å²) in [5.74, 6) is -0.0475. The van der Waals surface area contributed by atoms with Gasteiger partial charge in [0.25, 0.3) is 0 Å². The quantitative estimate of drug-likeness (QED) is 0.910. The second-order valence-electron chi connectivity index (χ2n) is 5.13. The maximum Gasteiger partial charge on any atom is 0.165 e. The minimum atomic E-state index is -0.324. The lowest BCUT2D eigenvalue weighted by Gasteiger charge is -2.28. The third-order valence-corrected chi connectivity index (χ3v) is 3.81. The van der Waals surface area contributed by atoms with E-state index in [0.717, 1.165) is 24.9 Å². The molecule has 0 spiro atoms. The fourth-order valence-corrected chi connectivity index (χ4v) is 2.69. The maximum atomic E-state index is 13.7. The zero-order valence-electron chi connectivity index (χ0n) is 11.4. The average Bonchev–Trinajstić information content (AvgIpc) is 2.64. The molecule has 1 N–H and O–H groups in total. The van der Waals surface area contributed by atoms with E-state index in [0.29, 0.717) is 6.54 Å². The Morgan fingerprint density at radius 3 is 2.89 bits per heavy atom. The van der Waals surface area contributed by atoms with Gasteiger partial charge in [-0.25, -0.2) is 4.39 Å². The summed E-state index contributed by atoms with van der Waals surface area (Å²) in [6, 6.07) is 5.28. The lowest BCUT2D eigenvalue weighted by atomic mass is 10.1. The fourth-order valence-electron chi connectivity index (χ4n) is 2.69. The van der Waals surface area contributed by atoms with Crippen molar-refractivity contribution in [3.8, 4) is 5.75 Å². The van der Waals surface area contributed by atoms with Crippen LogP contribution in [0.25, 0.3) is 0 Å². The van der Waals surface area contributed by atoms with Gasteiger partial charge in [-0.1, -0.05) is 18.9 Å². The van der Waals surface area contributed by atoms with Gasteiger partial charge in [-0.3, -0.25) is 4.90 Å². The van der Waals surface area contributed by atoms with Crippen molar-refractivity contribution in [1.29, 1.82) is 0 Å². The van der Waals surface area contributed by atoms with E-state index in [9.17, 15) is 9.50 Å². The number of halogens is 1. The molecule has 1 aromatic rings. The smallest absolute Gasteiger partial charge is 0.165 e.